The summed E-state index contributed by atoms with van der Waals surface area (Å²) in [5, 5.41) is 11.0. The summed E-state index contributed by atoms with van der Waals surface area (Å²) >= 11 is 5.81. The fraction of sp³-hybridized carbons (Fsp3) is 0.357. The van der Waals surface area contributed by atoms with Gasteiger partial charge in [0, 0.05) is 17.1 Å². The summed E-state index contributed by atoms with van der Waals surface area (Å²) in [5.41, 5.74) is 0.729. The number of benzene rings is 1. The van der Waals surface area contributed by atoms with Crippen LogP contribution in [-0.2, 0) is 0 Å². The number of nitrogens with zero attached hydrogens (tertiary/aromatic N) is 2. The zero-order chi connectivity index (χ0) is 14.4. The van der Waals surface area contributed by atoms with Gasteiger partial charge < -0.3 is 9.73 Å². The Labute approximate surface area is 122 Å². The van der Waals surface area contributed by atoms with Crippen LogP contribution in [0.1, 0.15) is 36.9 Å². The van der Waals surface area contributed by atoms with Gasteiger partial charge in [-0.2, -0.15) is 0 Å². The molecule has 106 valence electrons. The maximum atomic E-state index is 11.8. The molecule has 0 saturated carbocycles. The van der Waals surface area contributed by atoms with Crippen molar-refractivity contribution in [2.24, 2.45) is 0 Å². The highest BCUT2D eigenvalue weighted by atomic mass is 35.5. The molecular formula is C14H16ClN3O2. The number of hydrogen-bond donors (Lipinski definition) is 1. The minimum absolute atomic E-state index is 0.0218. The SMILES string of the molecule is CCCCCNC(=O)c1nnc(-c2ccc(Cl)cc2)o1. The number of rotatable bonds is 6. The molecule has 6 heteroatoms. The zero-order valence-corrected chi connectivity index (χ0v) is 12.0. The summed E-state index contributed by atoms with van der Waals surface area (Å²) in [7, 11) is 0. The molecule has 1 amide bonds. The van der Waals surface area contributed by atoms with E-state index in [2.05, 4.69) is 22.4 Å². The Bertz CT molecular complexity index is 566. The summed E-state index contributed by atoms with van der Waals surface area (Å²) < 4.78 is 5.35. The molecule has 1 aromatic carbocycles. The van der Waals surface area contributed by atoms with E-state index in [0.29, 0.717) is 17.5 Å². The third-order valence-electron chi connectivity index (χ3n) is 2.78. The summed E-state index contributed by atoms with van der Waals surface area (Å²) in [6.07, 6.45) is 3.14. The number of carbonyl (C=O) groups is 1. The summed E-state index contributed by atoms with van der Waals surface area (Å²) in [6.45, 7) is 2.73. The second kappa shape index (κ2) is 7.05. The zero-order valence-electron chi connectivity index (χ0n) is 11.2. The van der Waals surface area contributed by atoms with Gasteiger partial charge in [0.05, 0.1) is 0 Å². The molecule has 0 atom stereocenters. The van der Waals surface area contributed by atoms with Crippen molar-refractivity contribution in [3.8, 4) is 11.5 Å². The predicted molar refractivity (Wildman–Crippen MR) is 76.6 cm³/mol. The van der Waals surface area contributed by atoms with E-state index in [4.69, 9.17) is 16.0 Å². The highest BCUT2D eigenvalue weighted by Crippen LogP contribution is 2.20. The van der Waals surface area contributed by atoms with Crippen molar-refractivity contribution in [3.63, 3.8) is 0 Å². The van der Waals surface area contributed by atoms with Crippen molar-refractivity contribution in [1.82, 2.24) is 15.5 Å². The van der Waals surface area contributed by atoms with Gasteiger partial charge in [-0.25, -0.2) is 0 Å². The lowest BCUT2D eigenvalue weighted by molar-refractivity contribution is 0.0919. The number of carbonyl (C=O) groups excluding carboxylic acids is 1. The van der Waals surface area contributed by atoms with Crippen molar-refractivity contribution in [3.05, 3.63) is 35.2 Å². The normalized spacial score (nSPS) is 10.5. The fourth-order valence-corrected chi connectivity index (χ4v) is 1.80. The van der Waals surface area contributed by atoms with Crippen molar-refractivity contribution in [1.29, 1.82) is 0 Å². The first kappa shape index (κ1) is 14.5. The Morgan fingerprint density at radius 2 is 2.00 bits per heavy atom. The molecule has 0 spiro atoms. The van der Waals surface area contributed by atoms with Crippen molar-refractivity contribution < 1.29 is 9.21 Å². The standard InChI is InChI=1S/C14H16ClN3O2/c1-2-3-4-9-16-12(19)14-18-17-13(20-14)10-5-7-11(15)8-6-10/h5-8H,2-4,9H2,1H3,(H,16,19). The molecule has 0 radical (unpaired) electrons. The van der Waals surface area contributed by atoms with Crippen molar-refractivity contribution >= 4 is 17.5 Å². The predicted octanol–water partition coefficient (Wildman–Crippen LogP) is 3.31. The molecule has 20 heavy (non-hydrogen) atoms. The number of nitrogens with one attached hydrogen (secondary N) is 1. The van der Waals surface area contributed by atoms with Crippen LogP contribution in [0.4, 0.5) is 0 Å². The minimum atomic E-state index is -0.339. The number of hydrogen-bond acceptors (Lipinski definition) is 4. The third kappa shape index (κ3) is 3.81. The van der Waals surface area contributed by atoms with Gasteiger partial charge in [-0.15, -0.1) is 10.2 Å². The first-order valence-corrected chi connectivity index (χ1v) is 6.96. The van der Waals surface area contributed by atoms with Crippen LogP contribution < -0.4 is 5.32 Å². The van der Waals surface area contributed by atoms with Gasteiger partial charge in [-0.1, -0.05) is 31.4 Å². The van der Waals surface area contributed by atoms with Crippen LogP contribution in [0, 0.1) is 0 Å². The van der Waals surface area contributed by atoms with E-state index in [0.717, 1.165) is 24.8 Å². The van der Waals surface area contributed by atoms with Crippen LogP contribution >= 0.6 is 11.6 Å². The molecule has 0 aliphatic heterocycles. The molecule has 0 saturated heterocycles. The third-order valence-corrected chi connectivity index (χ3v) is 3.03. The quantitative estimate of drug-likeness (QED) is 0.830. The largest absolute Gasteiger partial charge is 0.412 e. The molecule has 1 N–H and O–H groups in total. The van der Waals surface area contributed by atoms with Crippen LogP contribution in [0.2, 0.25) is 5.02 Å². The van der Waals surface area contributed by atoms with Crippen molar-refractivity contribution in [2.45, 2.75) is 26.2 Å². The lowest BCUT2D eigenvalue weighted by atomic mass is 10.2. The smallest absolute Gasteiger partial charge is 0.308 e. The lowest BCUT2D eigenvalue weighted by Gasteiger charge is -2.00. The molecule has 0 unspecified atom stereocenters. The van der Waals surface area contributed by atoms with Crippen LogP contribution in [-0.4, -0.2) is 22.6 Å². The molecule has 1 aromatic heterocycles. The average Bonchev–Trinajstić information content (AvgIpc) is 2.94. The molecule has 2 rings (SSSR count). The van der Waals surface area contributed by atoms with E-state index < -0.39 is 0 Å². The summed E-state index contributed by atoms with van der Waals surface area (Å²) in [6, 6.07) is 6.98. The van der Waals surface area contributed by atoms with Crippen LogP contribution in [0.3, 0.4) is 0 Å². The first-order chi connectivity index (χ1) is 9.70. The maximum Gasteiger partial charge on any atom is 0.308 e. The summed E-state index contributed by atoms with van der Waals surface area (Å²) in [4.78, 5) is 11.8. The van der Waals surface area contributed by atoms with E-state index in [1.807, 2.05) is 0 Å². The van der Waals surface area contributed by atoms with Crippen LogP contribution in [0.15, 0.2) is 28.7 Å². The highest BCUT2D eigenvalue weighted by molar-refractivity contribution is 6.30. The van der Waals surface area contributed by atoms with Gasteiger partial charge in [-0.05, 0) is 30.7 Å². The Morgan fingerprint density at radius 1 is 1.25 bits per heavy atom. The topological polar surface area (TPSA) is 68.0 Å². The number of amides is 1. The Morgan fingerprint density at radius 3 is 2.70 bits per heavy atom. The van der Waals surface area contributed by atoms with Gasteiger partial charge in [0.1, 0.15) is 0 Å². The molecule has 0 aliphatic carbocycles. The second-order valence-electron chi connectivity index (χ2n) is 4.38. The fourth-order valence-electron chi connectivity index (χ4n) is 1.68. The van der Waals surface area contributed by atoms with Gasteiger partial charge >= 0.3 is 11.8 Å². The minimum Gasteiger partial charge on any atom is -0.412 e. The molecule has 0 aliphatic rings. The lowest BCUT2D eigenvalue weighted by Crippen LogP contribution is -2.24. The van der Waals surface area contributed by atoms with Gasteiger partial charge in [-0.3, -0.25) is 4.79 Å². The number of aromatic nitrogens is 2. The second-order valence-corrected chi connectivity index (χ2v) is 4.82. The average molecular weight is 294 g/mol. The van der Waals surface area contributed by atoms with Gasteiger partial charge in [0.25, 0.3) is 0 Å². The van der Waals surface area contributed by atoms with E-state index in [1.54, 1.807) is 24.3 Å². The molecule has 0 bridgehead atoms. The van der Waals surface area contributed by atoms with E-state index in [-0.39, 0.29) is 11.8 Å². The molecule has 5 nitrogen and oxygen atoms in total. The Balaban J connectivity index is 1.98. The molecule has 2 aromatic rings. The van der Waals surface area contributed by atoms with Gasteiger partial charge in [0.15, 0.2) is 0 Å². The highest BCUT2D eigenvalue weighted by Gasteiger charge is 2.15. The molecule has 1 heterocycles. The Kier molecular flexibility index (Phi) is 5.12. The van der Waals surface area contributed by atoms with Crippen molar-refractivity contribution in [2.75, 3.05) is 6.54 Å². The first-order valence-electron chi connectivity index (χ1n) is 6.58. The van der Waals surface area contributed by atoms with E-state index in [9.17, 15) is 4.79 Å². The van der Waals surface area contributed by atoms with Crippen LogP contribution in [0.25, 0.3) is 11.5 Å². The summed E-state index contributed by atoms with van der Waals surface area (Å²) in [5.74, 6) is -0.0550. The monoisotopic (exact) mass is 293 g/mol. The molecule has 0 fully saturated rings. The van der Waals surface area contributed by atoms with E-state index in [1.165, 1.54) is 0 Å². The maximum absolute atomic E-state index is 11.8. The van der Waals surface area contributed by atoms with E-state index >= 15 is 0 Å². The van der Waals surface area contributed by atoms with Gasteiger partial charge in [0.2, 0.25) is 5.89 Å². The number of unbranched alkanes of at least 4 members (excludes halogenated alkanes) is 2. The molecular weight excluding hydrogens is 278 g/mol. The Hall–Kier alpha value is -1.88. The van der Waals surface area contributed by atoms with Crippen LogP contribution in [0.5, 0.6) is 0 Å². The number of halogens is 1.